The molecule has 1 aliphatic rings. The largest absolute Gasteiger partial charge is 0.492 e. The fraction of sp³-hybridized carbons (Fsp3) is 0.636. The summed E-state index contributed by atoms with van der Waals surface area (Å²) in [5.41, 5.74) is -0.199. The third-order valence-corrected chi connectivity index (χ3v) is 6.63. The number of piperidine rings is 1. The van der Waals surface area contributed by atoms with Gasteiger partial charge in [0.2, 0.25) is 15.9 Å². The van der Waals surface area contributed by atoms with E-state index in [-0.39, 0.29) is 23.0 Å². The zero-order chi connectivity index (χ0) is 23.8. The van der Waals surface area contributed by atoms with Crippen LogP contribution in [0.2, 0.25) is 0 Å². The van der Waals surface area contributed by atoms with Crippen molar-refractivity contribution in [3.63, 3.8) is 0 Å². The van der Waals surface area contributed by atoms with Crippen LogP contribution in [0, 0.1) is 0 Å². The van der Waals surface area contributed by atoms with Crippen LogP contribution in [0.1, 0.15) is 59.8 Å². The number of hydrogen-bond acceptors (Lipinski definition) is 6. The number of amides is 2. The average Bonchev–Trinajstić information content (AvgIpc) is 2.72. The molecule has 0 aromatic heterocycles. The lowest BCUT2D eigenvalue weighted by molar-refractivity contribution is -0.116. The Bertz CT molecular complexity index is 889. The quantitative estimate of drug-likeness (QED) is 0.535. The van der Waals surface area contributed by atoms with E-state index in [1.807, 2.05) is 0 Å². The summed E-state index contributed by atoms with van der Waals surface area (Å²) in [4.78, 5) is 24.0. The lowest BCUT2D eigenvalue weighted by atomic mass is 10.2. The summed E-state index contributed by atoms with van der Waals surface area (Å²) in [6.07, 6.45) is 2.73. The molecule has 0 aliphatic carbocycles. The van der Waals surface area contributed by atoms with Gasteiger partial charge in [-0.2, -0.15) is 4.31 Å². The van der Waals surface area contributed by atoms with Gasteiger partial charge in [0, 0.05) is 31.7 Å². The van der Waals surface area contributed by atoms with Gasteiger partial charge in [0.25, 0.3) is 0 Å². The van der Waals surface area contributed by atoms with E-state index in [0.29, 0.717) is 38.3 Å². The Balaban J connectivity index is 1.99. The van der Waals surface area contributed by atoms with Crippen molar-refractivity contribution in [2.45, 2.75) is 70.3 Å². The molecule has 0 radical (unpaired) electrons. The summed E-state index contributed by atoms with van der Waals surface area (Å²) in [5, 5.41) is 5.33. The van der Waals surface area contributed by atoms with Gasteiger partial charge < -0.3 is 20.1 Å². The smallest absolute Gasteiger partial charge is 0.407 e. The van der Waals surface area contributed by atoms with Gasteiger partial charge in [0.05, 0.1) is 6.61 Å². The van der Waals surface area contributed by atoms with Gasteiger partial charge in [0.1, 0.15) is 16.2 Å². The number of alkyl carbamates (subject to hydrolysis) is 1. The van der Waals surface area contributed by atoms with Crippen molar-refractivity contribution in [1.82, 2.24) is 9.62 Å². The number of ether oxygens (including phenoxy) is 2. The van der Waals surface area contributed by atoms with E-state index >= 15 is 0 Å². The molecular formula is C22H35N3O6S. The number of carbonyl (C=O) groups is 2. The lowest BCUT2D eigenvalue weighted by Crippen LogP contribution is -2.35. The molecule has 1 aliphatic heterocycles. The summed E-state index contributed by atoms with van der Waals surface area (Å²) in [7, 11) is -3.72. The van der Waals surface area contributed by atoms with Crippen molar-refractivity contribution >= 4 is 27.7 Å². The molecule has 0 spiro atoms. The number of sulfonamides is 1. The van der Waals surface area contributed by atoms with Gasteiger partial charge >= 0.3 is 6.09 Å². The van der Waals surface area contributed by atoms with Crippen LogP contribution >= 0.6 is 0 Å². The first-order valence-electron chi connectivity index (χ1n) is 11.1. The summed E-state index contributed by atoms with van der Waals surface area (Å²) in [5.74, 6) is -0.000831. The van der Waals surface area contributed by atoms with Crippen LogP contribution < -0.4 is 15.4 Å². The number of rotatable bonds is 9. The van der Waals surface area contributed by atoms with Crippen molar-refractivity contribution in [1.29, 1.82) is 0 Å². The molecule has 1 heterocycles. The van der Waals surface area contributed by atoms with Crippen LogP contribution in [-0.4, -0.2) is 56.6 Å². The van der Waals surface area contributed by atoms with Crippen molar-refractivity contribution in [3.8, 4) is 5.75 Å². The number of hydrogen-bond donors (Lipinski definition) is 2. The van der Waals surface area contributed by atoms with Crippen LogP contribution in [0.5, 0.6) is 5.75 Å². The molecule has 10 heteroatoms. The molecule has 2 rings (SSSR count). The molecule has 180 valence electrons. The first-order valence-corrected chi connectivity index (χ1v) is 12.5. The summed E-state index contributed by atoms with van der Waals surface area (Å²) >= 11 is 0. The SMILES string of the molecule is CCOc1ccc(NC(=O)CCCNC(=O)OC(C)(C)C)cc1S(=O)(=O)N1CCCCC1. The Labute approximate surface area is 190 Å². The highest BCUT2D eigenvalue weighted by atomic mass is 32.2. The highest BCUT2D eigenvalue weighted by Crippen LogP contribution is 2.31. The van der Waals surface area contributed by atoms with Gasteiger partial charge in [-0.1, -0.05) is 6.42 Å². The second-order valence-corrected chi connectivity index (χ2v) is 10.5. The number of nitrogens with one attached hydrogen (secondary N) is 2. The van der Waals surface area contributed by atoms with Gasteiger partial charge in [0.15, 0.2) is 0 Å². The lowest BCUT2D eigenvalue weighted by Gasteiger charge is -2.27. The Hall–Kier alpha value is -2.33. The molecular weight excluding hydrogens is 434 g/mol. The van der Waals surface area contributed by atoms with E-state index in [1.165, 1.54) is 10.4 Å². The molecule has 1 fully saturated rings. The van der Waals surface area contributed by atoms with Crippen LogP contribution in [0.25, 0.3) is 0 Å². The van der Waals surface area contributed by atoms with E-state index in [4.69, 9.17) is 9.47 Å². The molecule has 0 atom stereocenters. The first-order chi connectivity index (χ1) is 15.0. The number of carbonyl (C=O) groups excluding carboxylic acids is 2. The third-order valence-electron chi connectivity index (χ3n) is 4.71. The minimum Gasteiger partial charge on any atom is -0.492 e. The second-order valence-electron chi connectivity index (χ2n) is 8.64. The third kappa shape index (κ3) is 7.98. The zero-order valence-electron chi connectivity index (χ0n) is 19.4. The van der Waals surface area contributed by atoms with Gasteiger partial charge in [-0.05, 0) is 65.2 Å². The minimum absolute atomic E-state index is 0.0608. The predicted molar refractivity (Wildman–Crippen MR) is 122 cm³/mol. The summed E-state index contributed by atoms with van der Waals surface area (Å²) in [6, 6.07) is 4.64. The molecule has 9 nitrogen and oxygen atoms in total. The monoisotopic (exact) mass is 469 g/mol. The molecule has 2 amide bonds. The molecule has 0 unspecified atom stereocenters. The van der Waals surface area contributed by atoms with Crippen LogP contribution in [0.15, 0.2) is 23.1 Å². The second kappa shape index (κ2) is 11.5. The predicted octanol–water partition coefficient (Wildman–Crippen LogP) is 3.50. The van der Waals surface area contributed by atoms with E-state index in [1.54, 1.807) is 39.8 Å². The highest BCUT2D eigenvalue weighted by molar-refractivity contribution is 7.89. The van der Waals surface area contributed by atoms with Gasteiger partial charge in [-0.25, -0.2) is 13.2 Å². The van der Waals surface area contributed by atoms with Gasteiger partial charge in [-0.15, -0.1) is 0 Å². The standard InChI is InChI=1S/C22H35N3O6S/c1-5-30-18-12-11-17(16-19(18)32(28,29)25-14-7-6-8-15-25)24-20(26)10-9-13-23-21(27)31-22(2,3)4/h11-12,16H,5-10,13-15H2,1-4H3,(H,23,27)(H,24,26). The Morgan fingerprint density at radius 3 is 2.44 bits per heavy atom. The highest BCUT2D eigenvalue weighted by Gasteiger charge is 2.29. The molecule has 1 aromatic carbocycles. The number of anilines is 1. The Kier molecular flexibility index (Phi) is 9.33. The summed E-state index contributed by atoms with van der Waals surface area (Å²) < 4.78 is 38.5. The Morgan fingerprint density at radius 1 is 1.12 bits per heavy atom. The minimum atomic E-state index is -3.72. The molecule has 2 N–H and O–H groups in total. The van der Waals surface area contributed by atoms with E-state index in [9.17, 15) is 18.0 Å². The fourth-order valence-electron chi connectivity index (χ4n) is 3.28. The molecule has 32 heavy (non-hydrogen) atoms. The number of benzene rings is 1. The normalized spacial score (nSPS) is 15.1. The van der Waals surface area contributed by atoms with Crippen molar-refractivity contribution in [3.05, 3.63) is 18.2 Å². The zero-order valence-corrected chi connectivity index (χ0v) is 20.2. The Morgan fingerprint density at radius 2 is 1.81 bits per heavy atom. The van der Waals surface area contributed by atoms with Crippen LogP contribution in [0.3, 0.4) is 0 Å². The molecule has 0 bridgehead atoms. The van der Waals surface area contributed by atoms with Crippen molar-refractivity contribution in [2.24, 2.45) is 0 Å². The molecule has 1 aromatic rings. The maximum Gasteiger partial charge on any atom is 0.407 e. The van der Waals surface area contributed by atoms with Crippen molar-refractivity contribution < 1.29 is 27.5 Å². The topological polar surface area (TPSA) is 114 Å². The van der Waals surface area contributed by atoms with Gasteiger partial charge in [-0.3, -0.25) is 4.79 Å². The van der Waals surface area contributed by atoms with Crippen LogP contribution in [0.4, 0.5) is 10.5 Å². The average molecular weight is 470 g/mol. The first kappa shape index (κ1) is 25.9. The molecule has 0 saturated carbocycles. The van der Waals surface area contributed by atoms with Crippen LogP contribution in [-0.2, 0) is 19.6 Å². The fourth-order valence-corrected chi connectivity index (χ4v) is 4.96. The van der Waals surface area contributed by atoms with E-state index in [2.05, 4.69) is 10.6 Å². The molecule has 1 saturated heterocycles. The van der Waals surface area contributed by atoms with E-state index < -0.39 is 21.7 Å². The number of nitrogens with zero attached hydrogens (tertiary/aromatic N) is 1. The van der Waals surface area contributed by atoms with Crippen molar-refractivity contribution in [2.75, 3.05) is 31.6 Å². The maximum atomic E-state index is 13.2. The van der Waals surface area contributed by atoms with E-state index in [0.717, 1.165) is 19.3 Å². The maximum absolute atomic E-state index is 13.2. The summed E-state index contributed by atoms with van der Waals surface area (Å²) in [6.45, 7) is 8.70.